The molecule has 1 aliphatic rings. The maximum absolute atomic E-state index is 12.4. The quantitative estimate of drug-likeness (QED) is 0.773. The summed E-state index contributed by atoms with van der Waals surface area (Å²) in [6.07, 6.45) is 2.49. The maximum Gasteiger partial charge on any atom is 0.283 e. The van der Waals surface area contributed by atoms with Crippen molar-refractivity contribution in [2.24, 2.45) is 4.40 Å². The van der Waals surface area contributed by atoms with Crippen LogP contribution in [0, 0.1) is 0 Å². The molecule has 0 bridgehead atoms. The number of likely N-dealkylation sites (tertiary alicyclic amines) is 1. The number of carbonyl (C=O) groups excluding carboxylic acids is 1. The van der Waals surface area contributed by atoms with Crippen molar-refractivity contribution in [2.45, 2.75) is 30.6 Å². The number of hydrogen-bond acceptors (Lipinski definition) is 3. The minimum atomic E-state index is -3.75. The molecule has 3 rings (SSSR count). The third kappa shape index (κ3) is 5.33. The second-order valence-corrected chi connectivity index (χ2v) is 8.75. The van der Waals surface area contributed by atoms with Gasteiger partial charge in [-0.05, 0) is 54.8 Å². The number of benzene rings is 2. The Bertz CT molecular complexity index is 971. The summed E-state index contributed by atoms with van der Waals surface area (Å²) >= 11 is 5.85. The van der Waals surface area contributed by atoms with Gasteiger partial charge in [0.15, 0.2) is 0 Å². The zero-order valence-corrected chi connectivity index (χ0v) is 17.1. The van der Waals surface area contributed by atoms with Gasteiger partial charge in [-0.25, -0.2) is 0 Å². The predicted octanol–water partition coefficient (Wildman–Crippen LogP) is 3.72. The molecule has 2 aromatic rings. The number of halogens is 1. The topological polar surface area (TPSA) is 78.8 Å². The molecule has 1 N–H and O–H groups in total. The molecule has 2 aromatic carbocycles. The van der Waals surface area contributed by atoms with E-state index in [2.05, 4.69) is 9.71 Å². The lowest BCUT2D eigenvalue weighted by atomic mass is 10.1. The average Bonchev–Trinajstić information content (AvgIpc) is 3.06. The zero-order chi connectivity index (χ0) is 20.1. The van der Waals surface area contributed by atoms with E-state index < -0.39 is 10.0 Å². The highest BCUT2D eigenvalue weighted by molar-refractivity contribution is 7.90. The van der Waals surface area contributed by atoms with E-state index in [-0.39, 0.29) is 10.8 Å². The molecule has 0 atom stereocenters. The van der Waals surface area contributed by atoms with E-state index in [1.165, 1.54) is 12.1 Å². The first kappa shape index (κ1) is 20.4. The van der Waals surface area contributed by atoms with Gasteiger partial charge in [-0.3, -0.25) is 4.79 Å². The lowest BCUT2D eigenvalue weighted by Gasteiger charge is -2.11. The molecule has 0 aromatic heterocycles. The van der Waals surface area contributed by atoms with Crippen LogP contribution in [0.15, 0.2) is 57.8 Å². The van der Waals surface area contributed by atoms with Crippen LogP contribution < -0.4 is 5.32 Å². The Morgan fingerprint density at radius 3 is 2.43 bits per heavy atom. The van der Waals surface area contributed by atoms with E-state index in [4.69, 9.17) is 11.6 Å². The molecular weight excluding hydrogens is 398 g/mol. The van der Waals surface area contributed by atoms with E-state index in [1.807, 2.05) is 24.1 Å². The highest BCUT2D eigenvalue weighted by atomic mass is 35.5. The smallest absolute Gasteiger partial charge is 0.283 e. The third-order valence-electron chi connectivity index (χ3n) is 4.55. The Labute approximate surface area is 170 Å². The highest BCUT2D eigenvalue weighted by Gasteiger charge is 2.20. The summed E-state index contributed by atoms with van der Waals surface area (Å²) in [6, 6.07) is 13.4. The minimum absolute atomic E-state index is 0.111. The molecule has 148 valence electrons. The second-order valence-electron chi connectivity index (χ2n) is 6.71. The van der Waals surface area contributed by atoms with Crippen LogP contribution in [0.2, 0.25) is 5.02 Å². The fourth-order valence-electron chi connectivity index (χ4n) is 2.94. The average molecular weight is 420 g/mol. The van der Waals surface area contributed by atoms with Crippen LogP contribution in [0.4, 0.5) is 5.69 Å². The van der Waals surface area contributed by atoms with Crippen molar-refractivity contribution in [1.82, 2.24) is 4.90 Å². The summed E-state index contributed by atoms with van der Waals surface area (Å²) in [5, 5.41) is 3.44. The van der Waals surface area contributed by atoms with E-state index in [1.54, 1.807) is 24.3 Å². The standard InChI is InChI=1S/C20H22ClN3O3S/c1-24-14-2-3-19(24)23-28(26,27)18-11-9-17(10-12-18)22-20(25)13-6-15-4-7-16(21)8-5-15/h4-5,7-12H,2-3,6,13-14H2,1H3,(H,22,25)/b23-19+. The van der Waals surface area contributed by atoms with Gasteiger partial charge in [0.2, 0.25) is 5.91 Å². The van der Waals surface area contributed by atoms with E-state index in [9.17, 15) is 13.2 Å². The second kappa shape index (κ2) is 8.75. The van der Waals surface area contributed by atoms with Crippen molar-refractivity contribution in [1.29, 1.82) is 0 Å². The van der Waals surface area contributed by atoms with Gasteiger partial charge in [0, 0.05) is 37.1 Å². The first-order valence-electron chi connectivity index (χ1n) is 9.03. The van der Waals surface area contributed by atoms with Gasteiger partial charge in [0.1, 0.15) is 5.84 Å². The Kier molecular flexibility index (Phi) is 6.36. The summed E-state index contributed by atoms with van der Waals surface area (Å²) < 4.78 is 28.8. The van der Waals surface area contributed by atoms with Gasteiger partial charge in [-0.1, -0.05) is 23.7 Å². The molecule has 1 heterocycles. The maximum atomic E-state index is 12.4. The normalized spacial score (nSPS) is 15.8. The van der Waals surface area contributed by atoms with Gasteiger partial charge in [-0.15, -0.1) is 4.40 Å². The van der Waals surface area contributed by atoms with Crippen molar-refractivity contribution in [3.63, 3.8) is 0 Å². The molecule has 1 saturated heterocycles. The van der Waals surface area contributed by atoms with Crippen molar-refractivity contribution >= 4 is 39.1 Å². The molecule has 0 aliphatic carbocycles. The number of anilines is 1. The van der Waals surface area contributed by atoms with Gasteiger partial charge in [0.25, 0.3) is 10.0 Å². The predicted molar refractivity (Wildman–Crippen MR) is 111 cm³/mol. The Hall–Kier alpha value is -2.38. The van der Waals surface area contributed by atoms with Crippen molar-refractivity contribution < 1.29 is 13.2 Å². The first-order valence-corrected chi connectivity index (χ1v) is 10.8. The number of nitrogens with one attached hydrogen (secondary N) is 1. The van der Waals surface area contributed by atoms with E-state index >= 15 is 0 Å². The van der Waals surface area contributed by atoms with Gasteiger partial charge in [0.05, 0.1) is 4.90 Å². The number of nitrogens with zero attached hydrogens (tertiary/aromatic N) is 2. The molecule has 6 nitrogen and oxygen atoms in total. The Morgan fingerprint density at radius 1 is 1.14 bits per heavy atom. The lowest BCUT2D eigenvalue weighted by molar-refractivity contribution is -0.116. The number of rotatable bonds is 6. The van der Waals surface area contributed by atoms with Gasteiger partial charge >= 0.3 is 0 Å². The lowest BCUT2D eigenvalue weighted by Crippen LogP contribution is -2.20. The molecule has 0 unspecified atom stereocenters. The first-order chi connectivity index (χ1) is 13.3. The number of sulfonamides is 1. The molecule has 1 fully saturated rings. The number of carbonyl (C=O) groups is 1. The van der Waals surface area contributed by atoms with Gasteiger partial charge in [-0.2, -0.15) is 8.42 Å². The third-order valence-corrected chi connectivity index (χ3v) is 6.12. The molecule has 0 spiro atoms. The monoisotopic (exact) mass is 419 g/mol. The van der Waals surface area contributed by atoms with Crippen molar-refractivity contribution in [3.8, 4) is 0 Å². The van der Waals surface area contributed by atoms with Crippen LogP contribution >= 0.6 is 11.6 Å². The van der Waals surface area contributed by atoms with Crippen LogP contribution in [0.1, 0.15) is 24.8 Å². The van der Waals surface area contributed by atoms with E-state index in [0.29, 0.717) is 35.8 Å². The summed E-state index contributed by atoms with van der Waals surface area (Å²) in [4.78, 5) is 14.1. The molecule has 8 heteroatoms. The highest BCUT2D eigenvalue weighted by Crippen LogP contribution is 2.19. The SMILES string of the molecule is CN1CCC/C1=N\S(=O)(=O)c1ccc(NC(=O)CCc2ccc(Cl)cc2)cc1. The molecule has 28 heavy (non-hydrogen) atoms. The number of aryl methyl sites for hydroxylation is 1. The fourth-order valence-corrected chi connectivity index (χ4v) is 4.16. The van der Waals surface area contributed by atoms with Crippen LogP contribution in [-0.4, -0.2) is 38.7 Å². The summed E-state index contributed by atoms with van der Waals surface area (Å²) in [5.41, 5.74) is 1.57. The molecule has 0 radical (unpaired) electrons. The van der Waals surface area contributed by atoms with Crippen molar-refractivity contribution in [3.05, 3.63) is 59.1 Å². The van der Waals surface area contributed by atoms with Crippen LogP contribution in [0.5, 0.6) is 0 Å². The van der Waals surface area contributed by atoms with Crippen molar-refractivity contribution in [2.75, 3.05) is 18.9 Å². The number of amides is 1. The minimum Gasteiger partial charge on any atom is -0.362 e. The Morgan fingerprint density at radius 2 is 1.82 bits per heavy atom. The molecular formula is C20H22ClN3O3S. The van der Waals surface area contributed by atoms with Crippen LogP contribution in [0.25, 0.3) is 0 Å². The number of amidine groups is 1. The summed E-state index contributed by atoms with van der Waals surface area (Å²) in [7, 11) is -1.91. The Balaban J connectivity index is 1.59. The summed E-state index contributed by atoms with van der Waals surface area (Å²) in [5.74, 6) is 0.443. The number of hydrogen-bond donors (Lipinski definition) is 1. The molecule has 1 amide bonds. The molecule has 1 aliphatic heterocycles. The fraction of sp³-hybridized carbons (Fsp3) is 0.300. The van der Waals surface area contributed by atoms with Gasteiger partial charge < -0.3 is 10.2 Å². The van der Waals surface area contributed by atoms with Crippen LogP contribution in [-0.2, 0) is 21.2 Å². The van der Waals surface area contributed by atoms with Crippen LogP contribution in [0.3, 0.4) is 0 Å². The summed E-state index contributed by atoms with van der Waals surface area (Å²) in [6.45, 7) is 0.815. The van der Waals surface area contributed by atoms with E-state index in [0.717, 1.165) is 18.5 Å². The largest absolute Gasteiger partial charge is 0.362 e. The molecule has 0 saturated carbocycles. The zero-order valence-electron chi connectivity index (χ0n) is 15.6.